The van der Waals surface area contributed by atoms with Crippen molar-refractivity contribution in [1.82, 2.24) is 9.55 Å². The van der Waals surface area contributed by atoms with E-state index in [-0.39, 0.29) is 12.6 Å². The first-order valence-electron chi connectivity index (χ1n) is 8.37. The van der Waals surface area contributed by atoms with Gasteiger partial charge in [0, 0.05) is 29.3 Å². The Balaban J connectivity index is 1.62. The van der Waals surface area contributed by atoms with Crippen molar-refractivity contribution >= 4 is 11.8 Å². The molecule has 134 valence electrons. The Morgan fingerprint density at radius 2 is 2.12 bits per heavy atom. The maximum absolute atomic E-state index is 13.9. The normalized spacial score (nSPS) is 13.3. The van der Waals surface area contributed by atoms with Gasteiger partial charge in [0.05, 0.1) is 12.3 Å². The number of fused-ring (bicyclic) bond motifs is 1. The Morgan fingerprint density at radius 3 is 3.00 bits per heavy atom. The molecule has 0 fully saturated rings. The minimum Gasteiger partial charge on any atom is -0.467 e. The minimum absolute atomic E-state index is 0.202. The fourth-order valence-corrected chi connectivity index (χ4v) is 4.00. The topological polar surface area (TPSA) is 36.3 Å². The Kier molecular flexibility index (Phi) is 4.70. The predicted molar refractivity (Wildman–Crippen MR) is 99.3 cm³/mol. The van der Waals surface area contributed by atoms with Crippen molar-refractivity contribution in [1.29, 1.82) is 0 Å². The zero-order chi connectivity index (χ0) is 18.1. The molecule has 3 aromatic rings. The molecule has 0 unspecified atom stereocenters. The Bertz CT molecular complexity index is 955. The quantitative estimate of drug-likeness (QED) is 0.619. The number of hydrogen-bond acceptors (Lipinski definition) is 4. The van der Waals surface area contributed by atoms with Crippen LogP contribution in [-0.2, 0) is 17.1 Å². The summed E-state index contributed by atoms with van der Waals surface area (Å²) >= 11 is 1.56. The molecule has 0 aliphatic carbocycles. The molecule has 0 N–H and O–H groups in total. The van der Waals surface area contributed by atoms with Crippen molar-refractivity contribution in [3.63, 3.8) is 0 Å². The van der Waals surface area contributed by atoms with Gasteiger partial charge in [-0.05, 0) is 43.2 Å². The lowest BCUT2D eigenvalue weighted by molar-refractivity contribution is -0.0171. The first-order chi connectivity index (χ1) is 12.6. The van der Waals surface area contributed by atoms with Crippen LogP contribution in [0.1, 0.15) is 22.3 Å². The van der Waals surface area contributed by atoms with Crippen LogP contribution in [-0.4, -0.2) is 16.3 Å². The van der Waals surface area contributed by atoms with Gasteiger partial charge in [0.25, 0.3) is 0 Å². The fourth-order valence-electron chi connectivity index (χ4n) is 3.07. The lowest BCUT2D eigenvalue weighted by Gasteiger charge is -2.20. The van der Waals surface area contributed by atoms with Gasteiger partial charge in [0.15, 0.2) is 11.9 Å². The number of rotatable bonds is 4. The van der Waals surface area contributed by atoms with Crippen LogP contribution in [0.3, 0.4) is 0 Å². The van der Waals surface area contributed by atoms with Crippen LogP contribution in [0.15, 0.2) is 47.9 Å². The van der Waals surface area contributed by atoms with Crippen molar-refractivity contribution in [2.24, 2.45) is 0 Å². The summed E-state index contributed by atoms with van der Waals surface area (Å²) in [5.41, 5.74) is 5.06. The number of thioether (sulfide) groups is 1. The fraction of sp³-hybridized carbons (Fsp3) is 0.250. The number of halogens is 1. The van der Waals surface area contributed by atoms with E-state index in [4.69, 9.17) is 9.47 Å². The average Bonchev–Trinajstić information content (AvgIpc) is 3.10. The first-order valence-corrected chi connectivity index (χ1v) is 9.36. The molecule has 0 atom stereocenters. The lowest BCUT2D eigenvalue weighted by atomic mass is 10.1. The Morgan fingerprint density at radius 1 is 1.23 bits per heavy atom. The maximum atomic E-state index is 13.9. The van der Waals surface area contributed by atoms with Crippen LogP contribution in [0.2, 0.25) is 0 Å². The molecule has 0 amide bonds. The highest BCUT2D eigenvalue weighted by Crippen LogP contribution is 2.34. The summed E-state index contributed by atoms with van der Waals surface area (Å²) in [5, 5.41) is 0.865. The van der Waals surface area contributed by atoms with Crippen molar-refractivity contribution in [3.05, 3.63) is 70.8 Å². The molecular formula is C20H19FN2O2S. The van der Waals surface area contributed by atoms with Gasteiger partial charge in [-0.1, -0.05) is 23.9 Å². The van der Waals surface area contributed by atoms with E-state index in [0.717, 1.165) is 27.7 Å². The van der Waals surface area contributed by atoms with E-state index in [1.54, 1.807) is 18.0 Å². The first kappa shape index (κ1) is 17.1. The zero-order valence-electron chi connectivity index (χ0n) is 14.7. The van der Waals surface area contributed by atoms with Gasteiger partial charge in [-0.15, -0.1) is 0 Å². The zero-order valence-corrected chi connectivity index (χ0v) is 15.5. The van der Waals surface area contributed by atoms with Crippen LogP contribution in [0.5, 0.6) is 5.75 Å². The molecule has 0 saturated heterocycles. The standard InChI is InChI=1S/C20H19FN2O2S/c1-13-3-4-14(2)18(7-13)23-6-5-22-20(23)26-11-16-9-17(21)8-15-10-24-12-25-19(15)16/h3-9H,10-12H2,1-2H3. The highest BCUT2D eigenvalue weighted by atomic mass is 32.2. The van der Waals surface area contributed by atoms with Crippen LogP contribution in [0.4, 0.5) is 4.39 Å². The van der Waals surface area contributed by atoms with E-state index in [1.807, 2.05) is 6.20 Å². The minimum atomic E-state index is -0.272. The largest absolute Gasteiger partial charge is 0.467 e. The summed E-state index contributed by atoms with van der Waals surface area (Å²) in [6.45, 7) is 4.74. The molecule has 0 radical (unpaired) electrons. The van der Waals surface area contributed by atoms with Gasteiger partial charge in [-0.3, -0.25) is 4.57 Å². The smallest absolute Gasteiger partial charge is 0.189 e. The molecule has 1 aliphatic heterocycles. The molecular weight excluding hydrogens is 351 g/mol. The molecule has 1 aliphatic rings. The second-order valence-corrected chi connectivity index (χ2v) is 7.26. The van der Waals surface area contributed by atoms with Gasteiger partial charge in [0.2, 0.25) is 0 Å². The molecule has 4 nitrogen and oxygen atoms in total. The SMILES string of the molecule is Cc1ccc(C)c(-n2ccnc2SCc2cc(F)cc3c2OCOC3)c1. The van der Waals surface area contributed by atoms with E-state index in [2.05, 4.69) is 41.6 Å². The monoisotopic (exact) mass is 370 g/mol. The molecule has 4 rings (SSSR count). The van der Waals surface area contributed by atoms with Gasteiger partial charge in [-0.2, -0.15) is 0 Å². The summed E-state index contributed by atoms with van der Waals surface area (Å²) in [6.07, 6.45) is 3.74. The van der Waals surface area contributed by atoms with E-state index >= 15 is 0 Å². The number of aromatic nitrogens is 2. The second-order valence-electron chi connectivity index (χ2n) is 6.32. The number of imidazole rings is 1. The lowest BCUT2D eigenvalue weighted by Crippen LogP contribution is -2.13. The molecule has 26 heavy (non-hydrogen) atoms. The van der Waals surface area contributed by atoms with Gasteiger partial charge in [-0.25, -0.2) is 9.37 Å². The number of aryl methyl sites for hydroxylation is 2. The summed E-state index contributed by atoms with van der Waals surface area (Å²) in [4.78, 5) is 4.48. The van der Waals surface area contributed by atoms with E-state index < -0.39 is 0 Å². The predicted octanol–water partition coefficient (Wildman–Crippen LogP) is 4.79. The molecule has 2 heterocycles. The highest BCUT2D eigenvalue weighted by Gasteiger charge is 2.18. The summed E-state index contributed by atoms with van der Waals surface area (Å²) in [7, 11) is 0. The van der Waals surface area contributed by atoms with E-state index in [9.17, 15) is 4.39 Å². The molecule has 6 heteroatoms. The molecule has 0 spiro atoms. The summed E-state index contributed by atoms with van der Waals surface area (Å²) in [6, 6.07) is 9.35. The third-order valence-corrected chi connectivity index (χ3v) is 5.36. The summed E-state index contributed by atoms with van der Waals surface area (Å²) in [5.74, 6) is 1.03. The van der Waals surface area contributed by atoms with Crippen LogP contribution >= 0.6 is 11.8 Å². The van der Waals surface area contributed by atoms with Crippen LogP contribution in [0.25, 0.3) is 5.69 Å². The Hall–Kier alpha value is -2.31. The van der Waals surface area contributed by atoms with Gasteiger partial charge in [0.1, 0.15) is 11.6 Å². The van der Waals surface area contributed by atoms with Crippen LogP contribution < -0.4 is 4.74 Å². The van der Waals surface area contributed by atoms with Crippen molar-refractivity contribution in [3.8, 4) is 11.4 Å². The molecule has 2 aromatic carbocycles. The maximum Gasteiger partial charge on any atom is 0.189 e. The van der Waals surface area contributed by atoms with E-state index in [0.29, 0.717) is 12.4 Å². The summed E-state index contributed by atoms with van der Waals surface area (Å²) < 4.78 is 26.8. The number of ether oxygens (including phenoxy) is 2. The third-order valence-electron chi connectivity index (χ3n) is 4.34. The molecule has 0 saturated carbocycles. The number of nitrogens with zero attached hydrogens (tertiary/aromatic N) is 2. The third kappa shape index (κ3) is 3.34. The average molecular weight is 370 g/mol. The molecule has 0 bridgehead atoms. The van der Waals surface area contributed by atoms with Crippen molar-refractivity contribution in [2.75, 3.05) is 6.79 Å². The van der Waals surface area contributed by atoms with Crippen LogP contribution in [0, 0.1) is 19.7 Å². The van der Waals surface area contributed by atoms with Crippen molar-refractivity contribution < 1.29 is 13.9 Å². The number of benzene rings is 2. The second kappa shape index (κ2) is 7.13. The number of hydrogen-bond donors (Lipinski definition) is 0. The van der Waals surface area contributed by atoms with Gasteiger partial charge < -0.3 is 9.47 Å². The Labute approximate surface area is 156 Å². The van der Waals surface area contributed by atoms with E-state index in [1.165, 1.54) is 23.3 Å². The van der Waals surface area contributed by atoms with Gasteiger partial charge >= 0.3 is 0 Å². The van der Waals surface area contributed by atoms with Crippen molar-refractivity contribution in [2.45, 2.75) is 31.4 Å². The highest BCUT2D eigenvalue weighted by molar-refractivity contribution is 7.98. The molecule has 1 aromatic heterocycles.